The molecular formula is C15H24N2O. The van der Waals surface area contributed by atoms with Gasteiger partial charge in [0.1, 0.15) is 0 Å². The third kappa shape index (κ3) is 6.40. The molecular weight excluding hydrogens is 224 g/mol. The summed E-state index contributed by atoms with van der Waals surface area (Å²) in [5.74, 6) is 0.0548. The van der Waals surface area contributed by atoms with Crippen LogP contribution < -0.4 is 5.32 Å². The molecule has 0 aliphatic carbocycles. The lowest BCUT2D eigenvalue weighted by atomic mass is 10.2. The number of carbonyl (C=O) groups excluding carboxylic acids is 1. The van der Waals surface area contributed by atoms with Crippen molar-refractivity contribution < 1.29 is 4.79 Å². The van der Waals surface area contributed by atoms with Crippen LogP contribution in [0.1, 0.15) is 32.6 Å². The minimum Gasteiger partial charge on any atom is -0.325 e. The predicted octanol–water partition coefficient (Wildman–Crippen LogP) is 3.14. The number of anilines is 1. The summed E-state index contributed by atoms with van der Waals surface area (Å²) >= 11 is 0. The molecule has 0 heterocycles. The van der Waals surface area contributed by atoms with Crippen LogP contribution in [0, 0.1) is 0 Å². The van der Waals surface area contributed by atoms with Crippen molar-refractivity contribution in [3.8, 4) is 0 Å². The number of carbonyl (C=O) groups is 1. The van der Waals surface area contributed by atoms with E-state index in [9.17, 15) is 4.79 Å². The zero-order valence-electron chi connectivity index (χ0n) is 11.5. The van der Waals surface area contributed by atoms with Gasteiger partial charge in [-0.1, -0.05) is 44.4 Å². The fourth-order valence-electron chi connectivity index (χ4n) is 1.85. The van der Waals surface area contributed by atoms with Crippen LogP contribution in [-0.4, -0.2) is 30.9 Å². The highest BCUT2D eigenvalue weighted by molar-refractivity contribution is 5.92. The molecule has 1 aromatic carbocycles. The second kappa shape index (κ2) is 8.70. The molecule has 18 heavy (non-hydrogen) atoms. The van der Waals surface area contributed by atoms with E-state index >= 15 is 0 Å². The maximum absolute atomic E-state index is 11.8. The van der Waals surface area contributed by atoms with Gasteiger partial charge < -0.3 is 5.32 Å². The highest BCUT2D eigenvalue weighted by Crippen LogP contribution is 2.05. The highest BCUT2D eigenvalue weighted by Gasteiger charge is 2.06. The Labute approximate surface area is 110 Å². The number of nitrogens with zero attached hydrogens (tertiary/aromatic N) is 1. The first kappa shape index (κ1) is 14.7. The molecule has 1 aromatic rings. The first-order chi connectivity index (χ1) is 8.72. The topological polar surface area (TPSA) is 32.3 Å². The lowest BCUT2D eigenvalue weighted by molar-refractivity contribution is -0.117. The third-order valence-corrected chi connectivity index (χ3v) is 2.86. The molecule has 0 fully saturated rings. The van der Waals surface area contributed by atoms with Gasteiger partial charge >= 0.3 is 0 Å². The van der Waals surface area contributed by atoms with Crippen LogP contribution in [0.5, 0.6) is 0 Å². The van der Waals surface area contributed by atoms with Gasteiger partial charge in [-0.05, 0) is 32.1 Å². The van der Waals surface area contributed by atoms with E-state index in [0.717, 1.165) is 12.2 Å². The zero-order chi connectivity index (χ0) is 13.2. The minimum atomic E-state index is 0.0548. The molecule has 0 spiro atoms. The number of benzene rings is 1. The Balaban J connectivity index is 2.19. The largest absolute Gasteiger partial charge is 0.325 e. The Morgan fingerprint density at radius 1 is 1.17 bits per heavy atom. The first-order valence-corrected chi connectivity index (χ1v) is 6.76. The molecule has 1 N–H and O–H groups in total. The number of likely N-dealkylation sites (N-methyl/N-ethyl adjacent to an activating group) is 1. The molecule has 0 bridgehead atoms. The van der Waals surface area contributed by atoms with Gasteiger partial charge in [0.2, 0.25) is 5.91 Å². The number of hydrogen-bond donors (Lipinski definition) is 1. The van der Waals surface area contributed by atoms with Gasteiger partial charge in [-0.25, -0.2) is 0 Å². The second-order valence-corrected chi connectivity index (χ2v) is 4.71. The van der Waals surface area contributed by atoms with Gasteiger partial charge in [-0.2, -0.15) is 0 Å². The van der Waals surface area contributed by atoms with Crippen LogP contribution in [0.25, 0.3) is 0 Å². The molecule has 3 heteroatoms. The average molecular weight is 248 g/mol. The summed E-state index contributed by atoms with van der Waals surface area (Å²) in [4.78, 5) is 13.8. The van der Waals surface area contributed by atoms with Gasteiger partial charge in [-0.15, -0.1) is 0 Å². The van der Waals surface area contributed by atoms with Crippen LogP contribution in [0.15, 0.2) is 30.3 Å². The minimum absolute atomic E-state index is 0.0548. The molecule has 1 rings (SSSR count). The molecule has 0 saturated carbocycles. The van der Waals surface area contributed by atoms with Crippen molar-refractivity contribution in [1.29, 1.82) is 0 Å². The monoisotopic (exact) mass is 248 g/mol. The standard InChI is InChI=1S/C15H24N2O/c1-3-4-5-9-12-17(2)13-15(18)16-14-10-7-6-8-11-14/h6-8,10-11H,3-5,9,12-13H2,1-2H3,(H,16,18). The van der Waals surface area contributed by atoms with Crippen molar-refractivity contribution >= 4 is 11.6 Å². The van der Waals surface area contributed by atoms with Crippen molar-refractivity contribution in [2.75, 3.05) is 25.5 Å². The van der Waals surface area contributed by atoms with Gasteiger partial charge in [0.15, 0.2) is 0 Å². The zero-order valence-corrected chi connectivity index (χ0v) is 11.5. The summed E-state index contributed by atoms with van der Waals surface area (Å²) in [6.45, 7) is 3.65. The van der Waals surface area contributed by atoms with Crippen LogP contribution in [0.3, 0.4) is 0 Å². The number of unbranched alkanes of at least 4 members (excludes halogenated alkanes) is 3. The van der Waals surface area contributed by atoms with Crippen molar-refractivity contribution in [1.82, 2.24) is 4.90 Å². The number of amides is 1. The summed E-state index contributed by atoms with van der Waals surface area (Å²) in [6.07, 6.45) is 4.95. The van der Waals surface area contributed by atoms with E-state index in [1.54, 1.807) is 0 Å². The predicted molar refractivity (Wildman–Crippen MR) is 76.7 cm³/mol. The third-order valence-electron chi connectivity index (χ3n) is 2.86. The van der Waals surface area contributed by atoms with Crippen molar-refractivity contribution in [3.63, 3.8) is 0 Å². The molecule has 0 radical (unpaired) electrons. The van der Waals surface area contributed by atoms with Crippen molar-refractivity contribution in [3.05, 3.63) is 30.3 Å². The van der Waals surface area contributed by atoms with E-state index in [2.05, 4.69) is 17.1 Å². The van der Waals surface area contributed by atoms with Crippen LogP contribution in [-0.2, 0) is 4.79 Å². The molecule has 0 unspecified atom stereocenters. The first-order valence-electron chi connectivity index (χ1n) is 6.76. The fourth-order valence-corrected chi connectivity index (χ4v) is 1.85. The quantitative estimate of drug-likeness (QED) is 0.717. The van der Waals surface area contributed by atoms with E-state index in [1.165, 1.54) is 25.7 Å². The Morgan fingerprint density at radius 2 is 1.89 bits per heavy atom. The SMILES string of the molecule is CCCCCCN(C)CC(=O)Nc1ccccc1. The molecule has 1 amide bonds. The van der Waals surface area contributed by atoms with Crippen molar-refractivity contribution in [2.45, 2.75) is 32.6 Å². The summed E-state index contributed by atoms with van der Waals surface area (Å²) < 4.78 is 0. The number of para-hydroxylation sites is 1. The average Bonchev–Trinajstić information content (AvgIpc) is 2.35. The number of rotatable bonds is 8. The van der Waals surface area contributed by atoms with Crippen LogP contribution >= 0.6 is 0 Å². The summed E-state index contributed by atoms with van der Waals surface area (Å²) in [5.41, 5.74) is 0.863. The molecule has 0 aliphatic heterocycles. The lowest BCUT2D eigenvalue weighted by Crippen LogP contribution is -2.30. The normalized spacial score (nSPS) is 10.6. The molecule has 0 saturated heterocycles. The highest BCUT2D eigenvalue weighted by atomic mass is 16.2. The molecule has 3 nitrogen and oxygen atoms in total. The number of hydrogen-bond acceptors (Lipinski definition) is 2. The van der Waals surface area contributed by atoms with Gasteiger partial charge in [0.05, 0.1) is 6.54 Å². The summed E-state index contributed by atoms with van der Waals surface area (Å²) in [5, 5.41) is 2.89. The molecule has 100 valence electrons. The van der Waals surface area contributed by atoms with E-state index in [4.69, 9.17) is 0 Å². The smallest absolute Gasteiger partial charge is 0.238 e. The van der Waals surface area contributed by atoms with E-state index in [1.807, 2.05) is 37.4 Å². The van der Waals surface area contributed by atoms with Gasteiger partial charge in [0, 0.05) is 5.69 Å². The van der Waals surface area contributed by atoms with E-state index in [-0.39, 0.29) is 5.91 Å². The molecule has 0 aromatic heterocycles. The molecule has 0 aliphatic rings. The van der Waals surface area contributed by atoms with Crippen molar-refractivity contribution in [2.24, 2.45) is 0 Å². The van der Waals surface area contributed by atoms with E-state index in [0.29, 0.717) is 6.54 Å². The summed E-state index contributed by atoms with van der Waals surface area (Å²) in [6, 6.07) is 9.59. The Morgan fingerprint density at radius 3 is 2.56 bits per heavy atom. The maximum atomic E-state index is 11.8. The van der Waals surface area contributed by atoms with Gasteiger partial charge in [0.25, 0.3) is 0 Å². The van der Waals surface area contributed by atoms with Crippen LogP contribution in [0.2, 0.25) is 0 Å². The number of nitrogens with one attached hydrogen (secondary N) is 1. The Kier molecular flexibility index (Phi) is 7.11. The second-order valence-electron chi connectivity index (χ2n) is 4.71. The molecule has 0 atom stereocenters. The Bertz CT molecular complexity index is 338. The maximum Gasteiger partial charge on any atom is 0.238 e. The fraction of sp³-hybridized carbons (Fsp3) is 0.533. The summed E-state index contributed by atoms with van der Waals surface area (Å²) in [7, 11) is 2.00. The van der Waals surface area contributed by atoms with E-state index < -0.39 is 0 Å². The Hall–Kier alpha value is -1.35. The lowest BCUT2D eigenvalue weighted by Gasteiger charge is -2.16. The van der Waals surface area contributed by atoms with Crippen LogP contribution in [0.4, 0.5) is 5.69 Å². The van der Waals surface area contributed by atoms with Gasteiger partial charge in [-0.3, -0.25) is 9.69 Å².